The number of likely N-dealkylation sites (N-methyl/N-ethyl adjacent to an activating group) is 1. The van der Waals surface area contributed by atoms with Gasteiger partial charge in [0.1, 0.15) is 5.75 Å². The van der Waals surface area contributed by atoms with Crippen LogP contribution < -0.4 is 20.3 Å². The number of carbonyl (C=O) groups excluding carboxylic acids is 2. The van der Waals surface area contributed by atoms with Crippen molar-refractivity contribution in [1.82, 2.24) is 0 Å². The standard InChI is InChI=1S/C18H19N3O3/c1-3-21-15-9-8-13(10-12(15)11-17(21)22)19-18(23)20-14-6-4-5-7-16(14)24-2/h4-10H,3,11H2,1-2H3,(H2,19,20,23). The molecule has 3 rings (SSSR count). The predicted octanol–water partition coefficient (Wildman–Crippen LogP) is 3.25. The number of carbonyl (C=O) groups is 2. The lowest BCUT2D eigenvalue weighted by atomic mass is 10.1. The van der Waals surface area contributed by atoms with Crippen molar-refractivity contribution in [3.05, 3.63) is 48.0 Å². The summed E-state index contributed by atoms with van der Waals surface area (Å²) in [5.41, 5.74) is 3.08. The Balaban J connectivity index is 1.72. The molecule has 1 heterocycles. The highest BCUT2D eigenvalue weighted by atomic mass is 16.5. The number of methoxy groups -OCH3 is 1. The number of hydrogen-bond donors (Lipinski definition) is 2. The molecule has 0 atom stereocenters. The van der Waals surface area contributed by atoms with Gasteiger partial charge in [-0.25, -0.2) is 4.79 Å². The lowest BCUT2D eigenvalue weighted by molar-refractivity contribution is -0.117. The number of amides is 3. The van der Waals surface area contributed by atoms with Crippen LogP contribution in [-0.2, 0) is 11.2 Å². The summed E-state index contributed by atoms with van der Waals surface area (Å²) in [7, 11) is 1.55. The number of para-hydroxylation sites is 2. The van der Waals surface area contributed by atoms with Gasteiger partial charge in [0, 0.05) is 17.9 Å². The minimum absolute atomic E-state index is 0.0862. The number of fused-ring (bicyclic) bond motifs is 1. The molecule has 2 aromatic rings. The molecule has 3 amide bonds. The Morgan fingerprint density at radius 1 is 1.21 bits per heavy atom. The quantitative estimate of drug-likeness (QED) is 0.906. The number of ether oxygens (including phenoxy) is 1. The molecule has 0 bridgehead atoms. The fourth-order valence-electron chi connectivity index (χ4n) is 2.84. The Kier molecular flexibility index (Phi) is 4.37. The van der Waals surface area contributed by atoms with E-state index in [1.165, 1.54) is 0 Å². The summed E-state index contributed by atoms with van der Waals surface area (Å²) in [4.78, 5) is 25.8. The fourth-order valence-corrected chi connectivity index (χ4v) is 2.84. The minimum atomic E-state index is -0.365. The van der Waals surface area contributed by atoms with Gasteiger partial charge in [0.2, 0.25) is 5.91 Å². The van der Waals surface area contributed by atoms with Crippen LogP contribution in [0.5, 0.6) is 5.75 Å². The number of nitrogens with one attached hydrogen (secondary N) is 2. The number of anilines is 3. The highest BCUT2D eigenvalue weighted by Crippen LogP contribution is 2.31. The molecule has 0 radical (unpaired) electrons. The van der Waals surface area contributed by atoms with Gasteiger partial charge >= 0.3 is 6.03 Å². The minimum Gasteiger partial charge on any atom is -0.495 e. The molecule has 6 heteroatoms. The lowest BCUT2D eigenvalue weighted by Gasteiger charge is -2.15. The van der Waals surface area contributed by atoms with Gasteiger partial charge in [-0.3, -0.25) is 4.79 Å². The second-order valence-corrected chi connectivity index (χ2v) is 5.44. The van der Waals surface area contributed by atoms with Crippen molar-refractivity contribution in [2.45, 2.75) is 13.3 Å². The van der Waals surface area contributed by atoms with Gasteiger partial charge in [-0.05, 0) is 42.8 Å². The van der Waals surface area contributed by atoms with Crippen LogP contribution in [0.25, 0.3) is 0 Å². The van der Waals surface area contributed by atoms with Crippen LogP contribution in [0, 0.1) is 0 Å². The average Bonchev–Trinajstić information content (AvgIpc) is 2.89. The molecule has 124 valence electrons. The van der Waals surface area contributed by atoms with Crippen molar-refractivity contribution in [3.63, 3.8) is 0 Å². The predicted molar refractivity (Wildman–Crippen MR) is 93.8 cm³/mol. The summed E-state index contributed by atoms with van der Waals surface area (Å²) in [5.74, 6) is 0.675. The molecule has 0 spiro atoms. The summed E-state index contributed by atoms with van der Waals surface area (Å²) in [6.07, 6.45) is 0.368. The van der Waals surface area contributed by atoms with E-state index in [-0.39, 0.29) is 11.9 Å². The van der Waals surface area contributed by atoms with Crippen molar-refractivity contribution in [2.24, 2.45) is 0 Å². The highest BCUT2D eigenvalue weighted by molar-refractivity contribution is 6.04. The van der Waals surface area contributed by atoms with Gasteiger partial charge in [0.25, 0.3) is 0 Å². The van der Waals surface area contributed by atoms with E-state index in [0.717, 1.165) is 11.3 Å². The van der Waals surface area contributed by atoms with Gasteiger partial charge in [0.15, 0.2) is 0 Å². The highest BCUT2D eigenvalue weighted by Gasteiger charge is 2.26. The summed E-state index contributed by atoms with van der Waals surface area (Å²) in [5, 5.41) is 5.54. The lowest BCUT2D eigenvalue weighted by Crippen LogP contribution is -2.25. The molecule has 0 saturated heterocycles. The Morgan fingerprint density at radius 2 is 2.00 bits per heavy atom. The van der Waals surface area contributed by atoms with Crippen molar-refractivity contribution in [1.29, 1.82) is 0 Å². The summed E-state index contributed by atoms with van der Waals surface area (Å²) in [6, 6.07) is 12.3. The summed E-state index contributed by atoms with van der Waals surface area (Å²) < 4.78 is 5.21. The van der Waals surface area contributed by atoms with Gasteiger partial charge in [-0.1, -0.05) is 12.1 Å². The fraction of sp³-hybridized carbons (Fsp3) is 0.222. The second-order valence-electron chi connectivity index (χ2n) is 5.44. The number of rotatable bonds is 4. The number of benzene rings is 2. The van der Waals surface area contributed by atoms with Gasteiger partial charge in [-0.2, -0.15) is 0 Å². The molecule has 6 nitrogen and oxygen atoms in total. The molecule has 1 aliphatic heterocycles. The third-order valence-electron chi connectivity index (χ3n) is 3.94. The largest absolute Gasteiger partial charge is 0.495 e. The third-order valence-corrected chi connectivity index (χ3v) is 3.94. The molecule has 0 fully saturated rings. The normalized spacial score (nSPS) is 12.8. The maximum atomic E-state index is 12.2. The molecule has 0 aliphatic carbocycles. The molecule has 24 heavy (non-hydrogen) atoms. The number of hydrogen-bond acceptors (Lipinski definition) is 3. The Hall–Kier alpha value is -3.02. The van der Waals surface area contributed by atoms with E-state index in [2.05, 4.69) is 10.6 Å². The van der Waals surface area contributed by atoms with Crippen LogP contribution in [0.1, 0.15) is 12.5 Å². The van der Waals surface area contributed by atoms with E-state index >= 15 is 0 Å². The maximum Gasteiger partial charge on any atom is 0.323 e. The van der Waals surface area contributed by atoms with Gasteiger partial charge in [-0.15, -0.1) is 0 Å². The zero-order valence-electron chi connectivity index (χ0n) is 13.6. The first-order chi connectivity index (χ1) is 11.6. The molecule has 0 saturated carbocycles. The van der Waals surface area contributed by atoms with E-state index in [1.54, 1.807) is 30.2 Å². The average molecular weight is 325 g/mol. The van der Waals surface area contributed by atoms with E-state index in [0.29, 0.717) is 30.1 Å². The van der Waals surface area contributed by atoms with E-state index in [9.17, 15) is 9.59 Å². The molecule has 2 aromatic carbocycles. The maximum absolute atomic E-state index is 12.2. The monoisotopic (exact) mass is 325 g/mol. The molecule has 1 aliphatic rings. The third kappa shape index (κ3) is 3.03. The van der Waals surface area contributed by atoms with Gasteiger partial charge < -0.3 is 20.3 Å². The first-order valence-electron chi connectivity index (χ1n) is 7.76. The van der Waals surface area contributed by atoms with Crippen molar-refractivity contribution in [2.75, 3.05) is 29.2 Å². The van der Waals surface area contributed by atoms with E-state index < -0.39 is 0 Å². The van der Waals surface area contributed by atoms with Crippen LogP contribution in [0.15, 0.2) is 42.5 Å². The summed E-state index contributed by atoms with van der Waals surface area (Å²) in [6.45, 7) is 2.59. The van der Waals surface area contributed by atoms with E-state index in [4.69, 9.17) is 4.74 Å². The van der Waals surface area contributed by atoms with E-state index in [1.807, 2.05) is 31.2 Å². The first kappa shape index (κ1) is 15.9. The Bertz CT molecular complexity index is 789. The SMILES string of the molecule is CCN1C(=O)Cc2cc(NC(=O)Nc3ccccc3OC)ccc21. The Morgan fingerprint density at radius 3 is 2.75 bits per heavy atom. The molecule has 0 aromatic heterocycles. The van der Waals surface area contributed by atoms with Crippen LogP contribution >= 0.6 is 0 Å². The van der Waals surface area contributed by atoms with Crippen molar-refractivity contribution in [3.8, 4) is 5.75 Å². The zero-order chi connectivity index (χ0) is 17.1. The van der Waals surface area contributed by atoms with Crippen molar-refractivity contribution >= 4 is 29.0 Å². The first-order valence-corrected chi connectivity index (χ1v) is 7.76. The topological polar surface area (TPSA) is 70.7 Å². The molecule has 0 unspecified atom stereocenters. The smallest absolute Gasteiger partial charge is 0.323 e. The number of urea groups is 1. The summed E-state index contributed by atoms with van der Waals surface area (Å²) >= 11 is 0. The van der Waals surface area contributed by atoms with Crippen molar-refractivity contribution < 1.29 is 14.3 Å². The van der Waals surface area contributed by atoms with Crippen LogP contribution in [0.3, 0.4) is 0 Å². The van der Waals surface area contributed by atoms with Crippen LogP contribution in [-0.4, -0.2) is 25.6 Å². The van der Waals surface area contributed by atoms with Crippen LogP contribution in [0.2, 0.25) is 0 Å². The Labute approximate surface area is 140 Å². The molecular formula is C18H19N3O3. The number of nitrogens with zero attached hydrogens (tertiary/aromatic N) is 1. The zero-order valence-corrected chi connectivity index (χ0v) is 13.6. The van der Waals surface area contributed by atoms with Crippen LogP contribution in [0.4, 0.5) is 21.9 Å². The molecule has 2 N–H and O–H groups in total. The molecular weight excluding hydrogens is 306 g/mol. The second kappa shape index (κ2) is 6.62. The van der Waals surface area contributed by atoms with Gasteiger partial charge in [0.05, 0.1) is 19.2 Å².